The first-order valence-corrected chi connectivity index (χ1v) is 5.80. The fourth-order valence-electron chi connectivity index (χ4n) is 1.54. The highest BCUT2D eigenvalue weighted by atomic mass is 16.2. The molecule has 94 valence electrons. The normalized spacial score (nSPS) is 10.5. The average Bonchev–Trinajstić information content (AvgIpc) is 2.37. The molecule has 3 N–H and O–H groups in total. The van der Waals surface area contributed by atoms with Crippen LogP contribution in [0.5, 0.6) is 0 Å². The van der Waals surface area contributed by atoms with Crippen molar-refractivity contribution < 1.29 is 4.79 Å². The lowest BCUT2D eigenvalue weighted by Gasteiger charge is -2.15. The molecule has 0 aliphatic rings. The lowest BCUT2D eigenvalue weighted by Crippen LogP contribution is -2.31. The number of likely N-dealkylation sites (N-methyl/N-ethyl adjacent to an activating group) is 1. The van der Waals surface area contributed by atoms with Crippen molar-refractivity contribution in [2.45, 2.75) is 19.3 Å². The SMILES string of the molecule is CN(CCCC(=O)NN)CCc1ccccn1. The number of carbonyl (C=O) groups is 1. The summed E-state index contributed by atoms with van der Waals surface area (Å²) in [5.41, 5.74) is 3.23. The molecule has 1 aromatic rings. The molecule has 17 heavy (non-hydrogen) atoms. The maximum atomic E-state index is 10.9. The summed E-state index contributed by atoms with van der Waals surface area (Å²) >= 11 is 0. The van der Waals surface area contributed by atoms with Crippen LogP contribution >= 0.6 is 0 Å². The van der Waals surface area contributed by atoms with E-state index < -0.39 is 0 Å². The van der Waals surface area contributed by atoms with Crippen LogP contribution in [0.4, 0.5) is 0 Å². The molecular weight excluding hydrogens is 216 g/mol. The Hall–Kier alpha value is -1.46. The summed E-state index contributed by atoms with van der Waals surface area (Å²) in [4.78, 5) is 17.4. The third-order valence-electron chi connectivity index (χ3n) is 2.58. The number of aromatic nitrogens is 1. The minimum Gasteiger partial charge on any atom is -0.306 e. The van der Waals surface area contributed by atoms with Crippen molar-refractivity contribution in [2.24, 2.45) is 5.84 Å². The molecule has 0 bridgehead atoms. The van der Waals surface area contributed by atoms with Gasteiger partial charge in [0, 0.05) is 31.3 Å². The minimum absolute atomic E-state index is 0.108. The first kappa shape index (κ1) is 13.6. The molecule has 0 fully saturated rings. The number of rotatable bonds is 7. The van der Waals surface area contributed by atoms with Crippen molar-refractivity contribution >= 4 is 5.91 Å². The molecule has 1 amide bonds. The van der Waals surface area contributed by atoms with Gasteiger partial charge in [-0.05, 0) is 32.1 Å². The van der Waals surface area contributed by atoms with Gasteiger partial charge < -0.3 is 4.90 Å². The fourth-order valence-corrected chi connectivity index (χ4v) is 1.54. The smallest absolute Gasteiger partial charge is 0.233 e. The monoisotopic (exact) mass is 236 g/mol. The van der Waals surface area contributed by atoms with Gasteiger partial charge in [-0.15, -0.1) is 0 Å². The van der Waals surface area contributed by atoms with Gasteiger partial charge in [0.25, 0.3) is 0 Å². The van der Waals surface area contributed by atoms with Gasteiger partial charge in [-0.2, -0.15) is 0 Å². The third kappa shape index (κ3) is 5.99. The summed E-state index contributed by atoms with van der Waals surface area (Å²) in [5.74, 6) is 4.89. The number of nitrogens with two attached hydrogens (primary N) is 1. The predicted octanol–water partition coefficient (Wildman–Crippen LogP) is 0.326. The summed E-state index contributed by atoms with van der Waals surface area (Å²) in [6, 6.07) is 5.93. The van der Waals surface area contributed by atoms with Crippen LogP contribution in [0.1, 0.15) is 18.5 Å². The van der Waals surface area contributed by atoms with E-state index >= 15 is 0 Å². The van der Waals surface area contributed by atoms with Gasteiger partial charge in [-0.25, -0.2) is 5.84 Å². The number of hydrazine groups is 1. The average molecular weight is 236 g/mol. The van der Waals surface area contributed by atoms with E-state index in [1.807, 2.05) is 25.2 Å². The van der Waals surface area contributed by atoms with Crippen molar-refractivity contribution in [1.29, 1.82) is 0 Å². The van der Waals surface area contributed by atoms with Gasteiger partial charge >= 0.3 is 0 Å². The number of amides is 1. The van der Waals surface area contributed by atoms with E-state index in [-0.39, 0.29) is 5.91 Å². The summed E-state index contributed by atoms with van der Waals surface area (Å²) in [5, 5.41) is 0. The number of nitrogens with one attached hydrogen (secondary N) is 1. The lowest BCUT2D eigenvalue weighted by molar-refractivity contribution is -0.121. The predicted molar refractivity (Wildman–Crippen MR) is 67.0 cm³/mol. The Morgan fingerprint density at radius 2 is 2.29 bits per heavy atom. The second-order valence-corrected chi connectivity index (χ2v) is 4.05. The Morgan fingerprint density at radius 3 is 2.94 bits per heavy atom. The van der Waals surface area contributed by atoms with Crippen LogP contribution in [-0.2, 0) is 11.2 Å². The largest absolute Gasteiger partial charge is 0.306 e. The molecule has 5 heteroatoms. The van der Waals surface area contributed by atoms with Crippen LogP contribution in [0, 0.1) is 0 Å². The number of nitrogens with zero attached hydrogens (tertiary/aromatic N) is 2. The van der Waals surface area contributed by atoms with E-state index in [0.717, 1.165) is 31.6 Å². The van der Waals surface area contributed by atoms with Crippen molar-refractivity contribution in [3.05, 3.63) is 30.1 Å². The molecular formula is C12H20N4O. The Morgan fingerprint density at radius 1 is 1.47 bits per heavy atom. The molecule has 1 aromatic heterocycles. The van der Waals surface area contributed by atoms with Gasteiger partial charge in [0.05, 0.1) is 0 Å². The number of hydrogen-bond donors (Lipinski definition) is 2. The van der Waals surface area contributed by atoms with Crippen molar-refractivity contribution in [1.82, 2.24) is 15.3 Å². The van der Waals surface area contributed by atoms with E-state index in [1.165, 1.54) is 0 Å². The maximum Gasteiger partial charge on any atom is 0.233 e. The minimum atomic E-state index is -0.108. The Kier molecular flexibility index (Phi) is 6.21. The zero-order valence-electron chi connectivity index (χ0n) is 10.2. The maximum absolute atomic E-state index is 10.9. The van der Waals surface area contributed by atoms with E-state index in [9.17, 15) is 4.79 Å². The first-order valence-electron chi connectivity index (χ1n) is 5.80. The molecule has 0 saturated carbocycles. The van der Waals surface area contributed by atoms with Crippen LogP contribution in [-0.4, -0.2) is 35.9 Å². The zero-order chi connectivity index (χ0) is 12.5. The molecule has 5 nitrogen and oxygen atoms in total. The highest BCUT2D eigenvalue weighted by molar-refractivity contribution is 5.75. The molecule has 0 radical (unpaired) electrons. The summed E-state index contributed by atoms with van der Waals surface area (Å²) in [7, 11) is 2.04. The summed E-state index contributed by atoms with van der Waals surface area (Å²) in [6.07, 6.45) is 4.04. The molecule has 0 aromatic carbocycles. The summed E-state index contributed by atoms with van der Waals surface area (Å²) in [6.45, 7) is 1.83. The molecule has 1 rings (SSSR count). The van der Waals surface area contributed by atoms with E-state index in [2.05, 4.69) is 15.3 Å². The fraction of sp³-hybridized carbons (Fsp3) is 0.500. The van der Waals surface area contributed by atoms with Gasteiger partial charge in [0.2, 0.25) is 5.91 Å². The van der Waals surface area contributed by atoms with Crippen molar-refractivity contribution in [2.75, 3.05) is 20.1 Å². The molecule has 0 unspecified atom stereocenters. The first-order chi connectivity index (χ1) is 8.22. The van der Waals surface area contributed by atoms with E-state index in [4.69, 9.17) is 5.84 Å². The highest BCUT2D eigenvalue weighted by Gasteiger charge is 2.02. The Labute approximate surface area is 102 Å². The quantitative estimate of drug-likeness (QED) is 0.406. The Balaban J connectivity index is 2.13. The third-order valence-corrected chi connectivity index (χ3v) is 2.58. The van der Waals surface area contributed by atoms with Crippen molar-refractivity contribution in [3.63, 3.8) is 0 Å². The van der Waals surface area contributed by atoms with Crippen LogP contribution in [0.25, 0.3) is 0 Å². The number of hydrogen-bond acceptors (Lipinski definition) is 4. The number of pyridine rings is 1. The molecule has 1 heterocycles. The molecule has 0 aliphatic carbocycles. The van der Waals surface area contributed by atoms with E-state index in [0.29, 0.717) is 6.42 Å². The van der Waals surface area contributed by atoms with Gasteiger partial charge in [-0.1, -0.05) is 6.07 Å². The Bertz CT molecular complexity index is 329. The molecule has 0 aliphatic heterocycles. The zero-order valence-corrected chi connectivity index (χ0v) is 10.2. The topological polar surface area (TPSA) is 71.2 Å². The van der Waals surface area contributed by atoms with E-state index in [1.54, 1.807) is 6.20 Å². The number of carbonyl (C=O) groups excluding carboxylic acids is 1. The molecule has 0 atom stereocenters. The summed E-state index contributed by atoms with van der Waals surface area (Å²) < 4.78 is 0. The van der Waals surface area contributed by atoms with Gasteiger partial charge in [-0.3, -0.25) is 15.2 Å². The van der Waals surface area contributed by atoms with Crippen LogP contribution in [0.3, 0.4) is 0 Å². The van der Waals surface area contributed by atoms with Gasteiger partial charge in [0.15, 0.2) is 0 Å². The van der Waals surface area contributed by atoms with Crippen molar-refractivity contribution in [3.8, 4) is 0 Å². The second kappa shape index (κ2) is 7.76. The highest BCUT2D eigenvalue weighted by Crippen LogP contribution is 1.98. The second-order valence-electron chi connectivity index (χ2n) is 4.05. The van der Waals surface area contributed by atoms with Crippen LogP contribution in [0.15, 0.2) is 24.4 Å². The van der Waals surface area contributed by atoms with Crippen LogP contribution in [0.2, 0.25) is 0 Å². The van der Waals surface area contributed by atoms with Gasteiger partial charge in [0.1, 0.15) is 0 Å². The standard InChI is InChI=1S/C12H20N4O/c1-16(9-4-6-12(17)15-13)10-7-11-5-2-3-8-14-11/h2-3,5,8H,4,6-7,9-10,13H2,1H3,(H,15,17). The molecule has 0 spiro atoms. The van der Waals surface area contributed by atoms with Crippen LogP contribution < -0.4 is 11.3 Å². The lowest BCUT2D eigenvalue weighted by atomic mass is 10.2. The molecule has 0 saturated heterocycles.